The first-order chi connectivity index (χ1) is 8.62. The van der Waals surface area contributed by atoms with E-state index in [2.05, 4.69) is 0 Å². The minimum absolute atomic E-state index is 0.322. The molecule has 2 atom stereocenters. The molecular weight excluding hydrogens is 226 g/mol. The van der Waals surface area contributed by atoms with Gasteiger partial charge in [-0.2, -0.15) is 0 Å². The van der Waals surface area contributed by atoms with Crippen molar-refractivity contribution in [2.45, 2.75) is 82.0 Å². The van der Waals surface area contributed by atoms with Crippen LogP contribution in [-0.2, 0) is 4.74 Å². The fourth-order valence-corrected chi connectivity index (χ4v) is 3.97. The molecule has 2 unspecified atom stereocenters. The van der Waals surface area contributed by atoms with E-state index in [1.165, 1.54) is 25.7 Å². The smallest absolute Gasteiger partial charge is 0.145 e. The average Bonchev–Trinajstić information content (AvgIpc) is 2.72. The third-order valence-electron chi connectivity index (χ3n) is 5.23. The van der Waals surface area contributed by atoms with E-state index in [9.17, 15) is 5.11 Å². The van der Waals surface area contributed by atoms with Crippen LogP contribution in [-0.4, -0.2) is 23.5 Å². The highest BCUT2D eigenvalue weighted by molar-refractivity contribution is 5.03. The molecule has 0 heterocycles. The van der Waals surface area contributed by atoms with E-state index in [1.807, 2.05) is 0 Å². The first-order valence-electron chi connectivity index (χ1n) is 7.69. The summed E-state index contributed by atoms with van der Waals surface area (Å²) >= 11 is 0. The zero-order valence-electron chi connectivity index (χ0n) is 11.8. The van der Waals surface area contributed by atoms with Gasteiger partial charge in [-0.1, -0.05) is 38.5 Å². The maximum Gasteiger partial charge on any atom is 0.145 e. The van der Waals surface area contributed by atoms with Crippen LogP contribution in [0.2, 0.25) is 0 Å². The lowest BCUT2D eigenvalue weighted by Gasteiger charge is -2.47. The molecule has 2 aliphatic rings. The standard InChI is InChI=1S/C15H29NO2/c1-18-15(16)12-8-4-7-11-14(15,17)13-9-5-2-3-6-10-13/h13,17H,2-12,16H2,1H3. The summed E-state index contributed by atoms with van der Waals surface area (Å²) in [5.41, 5.74) is 4.79. The van der Waals surface area contributed by atoms with Crippen LogP contribution in [0.1, 0.15) is 70.6 Å². The molecule has 106 valence electrons. The summed E-state index contributed by atoms with van der Waals surface area (Å²) in [6, 6.07) is 0. The van der Waals surface area contributed by atoms with Crippen molar-refractivity contribution in [1.29, 1.82) is 0 Å². The molecule has 0 amide bonds. The Balaban J connectivity index is 2.21. The van der Waals surface area contributed by atoms with Crippen molar-refractivity contribution >= 4 is 0 Å². The number of aliphatic hydroxyl groups is 1. The lowest BCUT2D eigenvalue weighted by molar-refractivity contribution is -0.200. The quantitative estimate of drug-likeness (QED) is 0.589. The number of methoxy groups -OCH3 is 1. The molecule has 0 spiro atoms. The Morgan fingerprint density at radius 1 is 0.944 bits per heavy atom. The summed E-state index contributed by atoms with van der Waals surface area (Å²) in [5.74, 6) is 0.322. The average molecular weight is 255 g/mol. The number of hydrogen-bond donors (Lipinski definition) is 2. The zero-order chi connectivity index (χ0) is 13.1. The second kappa shape index (κ2) is 5.89. The maximum absolute atomic E-state index is 11.3. The third-order valence-corrected chi connectivity index (χ3v) is 5.23. The van der Waals surface area contributed by atoms with Crippen molar-refractivity contribution in [3.8, 4) is 0 Å². The fourth-order valence-electron chi connectivity index (χ4n) is 3.97. The Labute approximate surface area is 111 Å². The highest BCUT2D eigenvalue weighted by Crippen LogP contribution is 2.44. The van der Waals surface area contributed by atoms with Crippen molar-refractivity contribution < 1.29 is 9.84 Å². The van der Waals surface area contributed by atoms with Crippen LogP contribution in [0.3, 0.4) is 0 Å². The zero-order valence-corrected chi connectivity index (χ0v) is 11.8. The molecule has 0 aromatic heterocycles. The van der Waals surface area contributed by atoms with Gasteiger partial charge in [0.05, 0.1) is 0 Å². The topological polar surface area (TPSA) is 55.5 Å². The molecule has 3 heteroatoms. The van der Waals surface area contributed by atoms with E-state index in [1.54, 1.807) is 7.11 Å². The van der Waals surface area contributed by atoms with Crippen LogP contribution >= 0.6 is 0 Å². The summed E-state index contributed by atoms with van der Waals surface area (Å²) in [6.45, 7) is 0. The van der Waals surface area contributed by atoms with Gasteiger partial charge in [-0.05, 0) is 38.0 Å². The SMILES string of the molecule is COC1(N)CCCCCC1(O)C1CCCCCC1. The first kappa shape index (κ1) is 14.3. The Kier molecular flexibility index (Phi) is 4.68. The van der Waals surface area contributed by atoms with Gasteiger partial charge in [-0.3, -0.25) is 0 Å². The molecule has 0 aromatic carbocycles. The highest BCUT2D eigenvalue weighted by atomic mass is 16.5. The van der Waals surface area contributed by atoms with Gasteiger partial charge in [0.25, 0.3) is 0 Å². The van der Waals surface area contributed by atoms with Gasteiger partial charge in [0.2, 0.25) is 0 Å². The van der Waals surface area contributed by atoms with Crippen LogP contribution < -0.4 is 5.73 Å². The second-order valence-corrected chi connectivity index (χ2v) is 6.27. The molecule has 3 nitrogen and oxygen atoms in total. The number of nitrogens with two attached hydrogens (primary N) is 1. The van der Waals surface area contributed by atoms with Gasteiger partial charge in [0, 0.05) is 7.11 Å². The van der Waals surface area contributed by atoms with E-state index in [4.69, 9.17) is 10.5 Å². The van der Waals surface area contributed by atoms with E-state index >= 15 is 0 Å². The van der Waals surface area contributed by atoms with Gasteiger partial charge in [-0.15, -0.1) is 0 Å². The minimum Gasteiger partial charge on any atom is -0.385 e. The van der Waals surface area contributed by atoms with E-state index < -0.39 is 11.3 Å². The molecule has 2 fully saturated rings. The Hall–Kier alpha value is -0.120. The molecule has 18 heavy (non-hydrogen) atoms. The molecule has 0 aliphatic heterocycles. The summed E-state index contributed by atoms with van der Waals surface area (Å²) in [6.07, 6.45) is 12.2. The summed E-state index contributed by atoms with van der Waals surface area (Å²) in [7, 11) is 1.66. The van der Waals surface area contributed by atoms with Crippen LogP contribution in [0.4, 0.5) is 0 Å². The second-order valence-electron chi connectivity index (χ2n) is 6.27. The van der Waals surface area contributed by atoms with Crippen LogP contribution in [0.15, 0.2) is 0 Å². The number of ether oxygens (including phenoxy) is 1. The molecule has 2 saturated carbocycles. The molecular formula is C15H29NO2. The summed E-state index contributed by atoms with van der Waals surface area (Å²) < 4.78 is 5.60. The molecule has 0 bridgehead atoms. The predicted octanol–water partition coefficient (Wildman–Crippen LogP) is 2.95. The Bertz CT molecular complexity index is 263. The van der Waals surface area contributed by atoms with Gasteiger partial charge < -0.3 is 15.6 Å². The van der Waals surface area contributed by atoms with Gasteiger partial charge in [0.1, 0.15) is 11.3 Å². The van der Waals surface area contributed by atoms with Crippen LogP contribution in [0.5, 0.6) is 0 Å². The lowest BCUT2D eigenvalue weighted by atomic mass is 9.72. The van der Waals surface area contributed by atoms with Crippen molar-refractivity contribution in [3.05, 3.63) is 0 Å². The van der Waals surface area contributed by atoms with Gasteiger partial charge in [-0.25, -0.2) is 0 Å². The fraction of sp³-hybridized carbons (Fsp3) is 1.00. The van der Waals surface area contributed by atoms with Gasteiger partial charge >= 0.3 is 0 Å². The Morgan fingerprint density at radius 3 is 2.11 bits per heavy atom. The summed E-state index contributed by atoms with van der Waals surface area (Å²) in [5, 5.41) is 11.3. The predicted molar refractivity (Wildman–Crippen MR) is 73.2 cm³/mol. The molecule has 0 radical (unpaired) electrons. The molecule has 2 aliphatic carbocycles. The normalized spacial score (nSPS) is 40.2. The van der Waals surface area contributed by atoms with Crippen LogP contribution in [0.25, 0.3) is 0 Å². The first-order valence-corrected chi connectivity index (χ1v) is 7.69. The van der Waals surface area contributed by atoms with Crippen molar-refractivity contribution in [2.24, 2.45) is 11.7 Å². The largest absolute Gasteiger partial charge is 0.385 e. The van der Waals surface area contributed by atoms with Crippen LogP contribution in [0, 0.1) is 5.92 Å². The van der Waals surface area contributed by atoms with Crippen molar-refractivity contribution in [1.82, 2.24) is 0 Å². The molecule has 2 rings (SSSR count). The highest BCUT2D eigenvalue weighted by Gasteiger charge is 2.52. The van der Waals surface area contributed by atoms with E-state index in [0.29, 0.717) is 5.92 Å². The number of rotatable bonds is 2. The third kappa shape index (κ3) is 2.59. The van der Waals surface area contributed by atoms with Gasteiger partial charge in [0.15, 0.2) is 0 Å². The number of hydrogen-bond acceptors (Lipinski definition) is 3. The summed E-state index contributed by atoms with van der Waals surface area (Å²) in [4.78, 5) is 0. The molecule has 0 aromatic rings. The lowest BCUT2D eigenvalue weighted by Crippen LogP contribution is -2.64. The van der Waals surface area contributed by atoms with Crippen molar-refractivity contribution in [3.63, 3.8) is 0 Å². The maximum atomic E-state index is 11.3. The Morgan fingerprint density at radius 2 is 1.50 bits per heavy atom. The van der Waals surface area contributed by atoms with E-state index in [0.717, 1.165) is 44.9 Å². The van der Waals surface area contributed by atoms with Crippen molar-refractivity contribution in [2.75, 3.05) is 7.11 Å². The minimum atomic E-state index is -0.835. The monoisotopic (exact) mass is 255 g/mol. The van der Waals surface area contributed by atoms with E-state index in [-0.39, 0.29) is 0 Å². The molecule has 3 N–H and O–H groups in total. The molecule has 0 saturated heterocycles.